The van der Waals surface area contributed by atoms with E-state index in [2.05, 4.69) is 0 Å². The Morgan fingerprint density at radius 3 is 2.74 bits per heavy atom. The molecule has 0 aliphatic carbocycles. The normalized spacial score (nSPS) is 10.9. The lowest BCUT2D eigenvalue weighted by Gasteiger charge is -2.16. The number of hydrogen-bond donors (Lipinski definition) is 1. The molecule has 19 heavy (non-hydrogen) atoms. The monoisotopic (exact) mass is 278 g/mol. The van der Waals surface area contributed by atoms with Crippen LogP contribution in [0.15, 0.2) is 41.2 Å². The SMILES string of the molecule is CN(Cc1ccoc1)Cc1ccc(C(N)=S)cc1F. The van der Waals surface area contributed by atoms with Crippen molar-refractivity contribution in [1.82, 2.24) is 4.90 Å². The van der Waals surface area contributed by atoms with Gasteiger partial charge in [0.15, 0.2) is 0 Å². The van der Waals surface area contributed by atoms with Crippen molar-refractivity contribution in [3.05, 3.63) is 59.3 Å². The van der Waals surface area contributed by atoms with Gasteiger partial charge in [-0.05, 0) is 19.2 Å². The van der Waals surface area contributed by atoms with E-state index in [9.17, 15) is 4.39 Å². The molecule has 0 bridgehead atoms. The fourth-order valence-corrected chi connectivity index (χ4v) is 2.00. The standard InChI is InChI=1S/C14H15FN2OS/c1-17(7-10-4-5-18-9-10)8-12-3-2-11(14(16)19)6-13(12)15/h2-6,9H,7-8H2,1H3,(H2,16,19). The van der Waals surface area contributed by atoms with Gasteiger partial charge in [-0.25, -0.2) is 4.39 Å². The second-order valence-electron chi connectivity index (χ2n) is 4.47. The summed E-state index contributed by atoms with van der Waals surface area (Å²) < 4.78 is 18.9. The van der Waals surface area contributed by atoms with Gasteiger partial charge in [-0.15, -0.1) is 0 Å². The molecule has 0 fully saturated rings. The Hall–Kier alpha value is -1.72. The second-order valence-corrected chi connectivity index (χ2v) is 4.91. The highest BCUT2D eigenvalue weighted by Crippen LogP contribution is 2.14. The van der Waals surface area contributed by atoms with E-state index < -0.39 is 0 Å². The minimum Gasteiger partial charge on any atom is -0.472 e. The number of thiocarbonyl (C=S) groups is 1. The third kappa shape index (κ3) is 3.62. The van der Waals surface area contributed by atoms with E-state index in [0.29, 0.717) is 24.2 Å². The van der Waals surface area contributed by atoms with Gasteiger partial charge in [-0.3, -0.25) is 4.90 Å². The number of halogens is 1. The van der Waals surface area contributed by atoms with Crippen LogP contribution >= 0.6 is 12.2 Å². The van der Waals surface area contributed by atoms with Crippen LogP contribution in [0.1, 0.15) is 16.7 Å². The third-order valence-electron chi connectivity index (χ3n) is 2.81. The number of nitrogens with zero attached hydrogens (tertiary/aromatic N) is 1. The summed E-state index contributed by atoms with van der Waals surface area (Å²) >= 11 is 4.82. The lowest BCUT2D eigenvalue weighted by Crippen LogP contribution is -2.18. The lowest BCUT2D eigenvalue weighted by atomic mass is 10.1. The summed E-state index contributed by atoms with van der Waals surface area (Å²) in [6.45, 7) is 1.21. The van der Waals surface area contributed by atoms with Crippen molar-refractivity contribution in [1.29, 1.82) is 0 Å². The van der Waals surface area contributed by atoms with Crippen LogP contribution in [0, 0.1) is 5.82 Å². The molecule has 1 aromatic heterocycles. The summed E-state index contributed by atoms with van der Waals surface area (Å²) in [5, 5.41) is 0. The predicted octanol–water partition coefficient (Wildman–Crippen LogP) is 2.68. The molecular weight excluding hydrogens is 263 g/mol. The quantitative estimate of drug-likeness (QED) is 0.854. The van der Waals surface area contributed by atoms with Crippen molar-refractivity contribution < 1.29 is 8.81 Å². The minimum atomic E-state index is -0.288. The molecule has 0 radical (unpaired) electrons. The molecule has 0 amide bonds. The van der Waals surface area contributed by atoms with Crippen molar-refractivity contribution in [2.24, 2.45) is 5.73 Å². The molecule has 3 nitrogen and oxygen atoms in total. The van der Waals surface area contributed by atoms with Crippen LogP contribution in [0.2, 0.25) is 0 Å². The first-order valence-electron chi connectivity index (χ1n) is 5.84. The van der Waals surface area contributed by atoms with Crippen molar-refractivity contribution in [3.63, 3.8) is 0 Å². The second kappa shape index (κ2) is 5.95. The first kappa shape index (κ1) is 13.7. The molecule has 2 aromatic rings. The third-order valence-corrected chi connectivity index (χ3v) is 3.05. The van der Waals surface area contributed by atoms with E-state index in [0.717, 1.165) is 5.56 Å². The topological polar surface area (TPSA) is 42.4 Å². The molecule has 0 atom stereocenters. The number of nitrogens with two attached hydrogens (primary N) is 1. The summed E-state index contributed by atoms with van der Waals surface area (Å²) in [4.78, 5) is 2.21. The Bertz CT molecular complexity index is 569. The summed E-state index contributed by atoms with van der Waals surface area (Å²) in [6.07, 6.45) is 3.31. The number of rotatable bonds is 5. The van der Waals surface area contributed by atoms with Crippen LogP contribution in [0.3, 0.4) is 0 Å². The van der Waals surface area contributed by atoms with Crippen LogP contribution in [0.4, 0.5) is 4.39 Å². The Kier molecular flexibility index (Phi) is 4.29. The summed E-state index contributed by atoms with van der Waals surface area (Å²) in [6, 6.07) is 6.73. The maximum atomic E-state index is 13.9. The van der Waals surface area contributed by atoms with Gasteiger partial charge in [0.2, 0.25) is 0 Å². The maximum Gasteiger partial charge on any atom is 0.128 e. The van der Waals surface area contributed by atoms with Crippen LogP contribution in [0.25, 0.3) is 0 Å². The molecule has 2 N–H and O–H groups in total. The highest BCUT2D eigenvalue weighted by molar-refractivity contribution is 7.80. The van der Waals surface area contributed by atoms with Crippen LogP contribution < -0.4 is 5.73 Å². The predicted molar refractivity (Wildman–Crippen MR) is 76.2 cm³/mol. The highest BCUT2D eigenvalue weighted by atomic mass is 32.1. The summed E-state index contributed by atoms with van der Waals surface area (Å²) in [5.41, 5.74) is 7.69. The number of benzene rings is 1. The van der Waals surface area contributed by atoms with E-state index >= 15 is 0 Å². The van der Waals surface area contributed by atoms with Gasteiger partial charge in [0.1, 0.15) is 10.8 Å². The minimum absolute atomic E-state index is 0.206. The van der Waals surface area contributed by atoms with Crippen molar-refractivity contribution in [2.45, 2.75) is 13.1 Å². The molecule has 2 rings (SSSR count). The Balaban J connectivity index is 2.04. The molecule has 100 valence electrons. The fraction of sp³-hybridized carbons (Fsp3) is 0.214. The van der Waals surface area contributed by atoms with Gasteiger partial charge in [0, 0.05) is 29.8 Å². The van der Waals surface area contributed by atoms with E-state index in [1.54, 1.807) is 24.7 Å². The number of hydrogen-bond acceptors (Lipinski definition) is 3. The van der Waals surface area contributed by atoms with Gasteiger partial charge in [-0.1, -0.05) is 24.4 Å². The van der Waals surface area contributed by atoms with E-state index in [1.165, 1.54) is 6.07 Å². The molecule has 1 aromatic carbocycles. The summed E-state index contributed by atoms with van der Waals surface area (Å²) in [7, 11) is 1.92. The van der Waals surface area contributed by atoms with E-state index in [-0.39, 0.29) is 10.8 Å². The van der Waals surface area contributed by atoms with Crippen molar-refractivity contribution in [3.8, 4) is 0 Å². The Labute approximate surface area is 116 Å². The van der Waals surface area contributed by atoms with Crippen LogP contribution in [-0.2, 0) is 13.1 Å². The van der Waals surface area contributed by atoms with Crippen LogP contribution in [-0.4, -0.2) is 16.9 Å². The maximum absolute atomic E-state index is 13.9. The molecule has 0 saturated carbocycles. The Morgan fingerprint density at radius 2 is 2.16 bits per heavy atom. The van der Waals surface area contributed by atoms with Crippen molar-refractivity contribution in [2.75, 3.05) is 7.05 Å². The molecule has 0 unspecified atom stereocenters. The van der Waals surface area contributed by atoms with Gasteiger partial charge >= 0.3 is 0 Å². The number of furan rings is 1. The lowest BCUT2D eigenvalue weighted by molar-refractivity contribution is 0.312. The van der Waals surface area contributed by atoms with Gasteiger partial charge in [0.25, 0.3) is 0 Å². The largest absolute Gasteiger partial charge is 0.472 e. The smallest absolute Gasteiger partial charge is 0.128 e. The van der Waals surface area contributed by atoms with E-state index in [4.69, 9.17) is 22.4 Å². The van der Waals surface area contributed by atoms with Gasteiger partial charge in [-0.2, -0.15) is 0 Å². The van der Waals surface area contributed by atoms with Gasteiger partial charge < -0.3 is 10.2 Å². The molecule has 0 spiro atoms. The molecule has 5 heteroatoms. The van der Waals surface area contributed by atoms with Crippen LogP contribution in [0.5, 0.6) is 0 Å². The zero-order chi connectivity index (χ0) is 13.8. The Morgan fingerprint density at radius 1 is 1.37 bits per heavy atom. The fourth-order valence-electron chi connectivity index (χ4n) is 1.87. The first-order chi connectivity index (χ1) is 9.06. The van der Waals surface area contributed by atoms with Crippen molar-refractivity contribution >= 4 is 17.2 Å². The molecule has 0 aliphatic rings. The summed E-state index contributed by atoms with van der Waals surface area (Å²) in [5.74, 6) is -0.288. The zero-order valence-corrected chi connectivity index (χ0v) is 11.4. The highest BCUT2D eigenvalue weighted by Gasteiger charge is 2.08. The average Bonchev–Trinajstić information content (AvgIpc) is 2.84. The molecule has 0 saturated heterocycles. The first-order valence-corrected chi connectivity index (χ1v) is 6.25. The molecule has 0 aliphatic heterocycles. The molecule has 1 heterocycles. The molecular formula is C14H15FN2OS. The van der Waals surface area contributed by atoms with E-state index in [1.807, 2.05) is 18.0 Å². The zero-order valence-electron chi connectivity index (χ0n) is 10.6. The van der Waals surface area contributed by atoms with Gasteiger partial charge in [0.05, 0.1) is 12.5 Å². The average molecular weight is 278 g/mol.